The molecule has 2 heterocycles. The Morgan fingerprint density at radius 2 is 1.61 bits per heavy atom. The summed E-state index contributed by atoms with van der Waals surface area (Å²) in [6.07, 6.45) is -0.399. The van der Waals surface area contributed by atoms with Crippen molar-refractivity contribution < 1.29 is 26.3 Å². The lowest BCUT2D eigenvalue weighted by Crippen LogP contribution is -2.51. The van der Waals surface area contributed by atoms with E-state index in [1.165, 1.54) is 14.7 Å². The topological polar surface area (TPSA) is 105 Å². The van der Waals surface area contributed by atoms with Gasteiger partial charge in [0.2, 0.25) is 10.0 Å². The molecule has 2 saturated heterocycles. The standard InChI is InChI=1S/C17H27N3O6S2/c1-14-12-20(13-15(2)26-14)28(23,24)18-11-16-5-3-4-6-17(16)27(21,22)19-7-9-25-10-8-19/h3-6,14-15,18H,7-13H2,1-2H3/t14-,15-/m1/s1. The number of benzene rings is 1. The van der Waals surface area contributed by atoms with Gasteiger partial charge in [0.25, 0.3) is 10.2 Å². The molecule has 11 heteroatoms. The molecule has 3 rings (SSSR count). The van der Waals surface area contributed by atoms with E-state index in [2.05, 4.69) is 4.72 Å². The van der Waals surface area contributed by atoms with Gasteiger partial charge >= 0.3 is 0 Å². The van der Waals surface area contributed by atoms with Crippen LogP contribution in [0.25, 0.3) is 0 Å². The molecule has 1 aromatic rings. The van der Waals surface area contributed by atoms with E-state index in [0.29, 0.717) is 18.8 Å². The van der Waals surface area contributed by atoms with Crippen molar-refractivity contribution in [3.05, 3.63) is 29.8 Å². The predicted molar refractivity (Wildman–Crippen MR) is 103 cm³/mol. The molecule has 2 atom stereocenters. The van der Waals surface area contributed by atoms with E-state index >= 15 is 0 Å². The van der Waals surface area contributed by atoms with E-state index in [1.54, 1.807) is 18.2 Å². The van der Waals surface area contributed by atoms with Gasteiger partial charge in [-0.3, -0.25) is 0 Å². The lowest BCUT2D eigenvalue weighted by Gasteiger charge is -2.34. The maximum Gasteiger partial charge on any atom is 0.279 e. The molecule has 0 saturated carbocycles. The molecule has 0 aromatic heterocycles. The second-order valence-corrected chi connectivity index (χ2v) is 10.7. The van der Waals surface area contributed by atoms with E-state index in [4.69, 9.17) is 9.47 Å². The van der Waals surface area contributed by atoms with Crippen molar-refractivity contribution in [1.82, 2.24) is 13.3 Å². The minimum atomic E-state index is -3.76. The van der Waals surface area contributed by atoms with Crippen LogP contribution in [0.15, 0.2) is 29.2 Å². The van der Waals surface area contributed by atoms with Crippen molar-refractivity contribution in [2.75, 3.05) is 39.4 Å². The SMILES string of the molecule is C[C@@H]1CN(S(=O)(=O)NCc2ccccc2S(=O)(=O)N2CCOCC2)C[C@@H](C)O1. The third-order valence-electron chi connectivity index (χ3n) is 4.73. The highest BCUT2D eigenvalue weighted by molar-refractivity contribution is 7.89. The van der Waals surface area contributed by atoms with E-state index in [-0.39, 0.29) is 49.8 Å². The van der Waals surface area contributed by atoms with Crippen LogP contribution >= 0.6 is 0 Å². The molecule has 0 unspecified atom stereocenters. The van der Waals surface area contributed by atoms with Crippen LogP contribution in [0.5, 0.6) is 0 Å². The van der Waals surface area contributed by atoms with Gasteiger partial charge in [0.15, 0.2) is 0 Å². The fourth-order valence-electron chi connectivity index (χ4n) is 3.41. The maximum atomic E-state index is 13.0. The smallest absolute Gasteiger partial charge is 0.279 e. The summed E-state index contributed by atoms with van der Waals surface area (Å²) in [4.78, 5) is 0.114. The van der Waals surface area contributed by atoms with Gasteiger partial charge in [-0.15, -0.1) is 0 Å². The number of ether oxygens (including phenoxy) is 2. The van der Waals surface area contributed by atoms with Crippen LogP contribution in [-0.2, 0) is 36.3 Å². The summed E-state index contributed by atoms with van der Waals surface area (Å²) in [5.41, 5.74) is 0.409. The molecular weight excluding hydrogens is 406 g/mol. The van der Waals surface area contributed by atoms with Gasteiger partial charge in [-0.05, 0) is 25.5 Å². The van der Waals surface area contributed by atoms with Crippen molar-refractivity contribution in [3.8, 4) is 0 Å². The monoisotopic (exact) mass is 433 g/mol. The summed E-state index contributed by atoms with van der Waals surface area (Å²) >= 11 is 0. The van der Waals surface area contributed by atoms with E-state index < -0.39 is 20.2 Å². The first-order valence-corrected chi connectivity index (χ1v) is 12.1. The molecule has 0 bridgehead atoms. The largest absolute Gasteiger partial charge is 0.379 e. The fourth-order valence-corrected chi connectivity index (χ4v) is 6.38. The lowest BCUT2D eigenvalue weighted by molar-refractivity contribution is -0.0444. The van der Waals surface area contributed by atoms with Crippen molar-refractivity contribution in [1.29, 1.82) is 0 Å². The first-order chi connectivity index (χ1) is 13.2. The van der Waals surface area contributed by atoms with E-state index in [0.717, 1.165) is 0 Å². The fraction of sp³-hybridized carbons (Fsp3) is 0.647. The summed E-state index contributed by atoms with van der Waals surface area (Å²) in [5.74, 6) is 0. The van der Waals surface area contributed by atoms with Gasteiger partial charge < -0.3 is 9.47 Å². The van der Waals surface area contributed by atoms with Crippen molar-refractivity contribution >= 4 is 20.2 Å². The third kappa shape index (κ3) is 4.90. The molecule has 0 amide bonds. The molecule has 0 radical (unpaired) electrons. The molecule has 0 aliphatic carbocycles. The molecule has 1 N–H and O–H groups in total. The normalized spacial score (nSPS) is 25.6. The zero-order valence-electron chi connectivity index (χ0n) is 16.1. The van der Waals surface area contributed by atoms with Crippen molar-refractivity contribution in [2.45, 2.75) is 37.5 Å². The van der Waals surface area contributed by atoms with Gasteiger partial charge in [0, 0.05) is 32.7 Å². The lowest BCUT2D eigenvalue weighted by atomic mass is 10.2. The van der Waals surface area contributed by atoms with Crippen LogP contribution in [0.1, 0.15) is 19.4 Å². The molecule has 2 fully saturated rings. The van der Waals surface area contributed by atoms with Gasteiger partial charge in [0.1, 0.15) is 0 Å². The summed E-state index contributed by atoms with van der Waals surface area (Å²) in [6.45, 7) is 5.31. The van der Waals surface area contributed by atoms with Crippen LogP contribution in [-0.4, -0.2) is 77.0 Å². The zero-order chi connectivity index (χ0) is 20.4. The number of hydrogen-bond donors (Lipinski definition) is 1. The van der Waals surface area contributed by atoms with Gasteiger partial charge in [-0.2, -0.15) is 21.8 Å². The molecule has 1 aromatic carbocycles. The van der Waals surface area contributed by atoms with Gasteiger partial charge in [-0.1, -0.05) is 18.2 Å². The summed E-state index contributed by atoms with van der Waals surface area (Å²) in [7, 11) is -7.48. The van der Waals surface area contributed by atoms with Crippen LogP contribution < -0.4 is 4.72 Å². The van der Waals surface area contributed by atoms with Crippen LogP contribution in [0.3, 0.4) is 0 Å². The molecule has 9 nitrogen and oxygen atoms in total. The summed E-state index contributed by atoms with van der Waals surface area (Å²) < 4.78 is 67.4. The average Bonchev–Trinajstić information content (AvgIpc) is 2.66. The number of sulfonamides is 1. The van der Waals surface area contributed by atoms with Crippen LogP contribution in [0.2, 0.25) is 0 Å². The van der Waals surface area contributed by atoms with Gasteiger partial charge in [-0.25, -0.2) is 8.42 Å². The highest BCUT2D eigenvalue weighted by Gasteiger charge is 2.32. The quantitative estimate of drug-likeness (QED) is 0.685. The maximum absolute atomic E-state index is 13.0. The first kappa shape index (κ1) is 21.6. The number of morpholine rings is 2. The predicted octanol–water partition coefficient (Wildman–Crippen LogP) is 0.151. The second-order valence-electron chi connectivity index (χ2n) is 7.02. The Kier molecular flexibility index (Phi) is 6.75. The Balaban J connectivity index is 1.76. The molecule has 0 spiro atoms. The molecule has 2 aliphatic heterocycles. The Bertz CT molecular complexity index is 874. The average molecular weight is 434 g/mol. The zero-order valence-corrected chi connectivity index (χ0v) is 17.7. The molecule has 2 aliphatic rings. The van der Waals surface area contributed by atoms with Crippen LogP contribution in [0, 0.1) is 0 Å². The minimum absolute atomic E-state index is 0.109. The highest BCUT2D eigenvalue weighted by Crippen LogP contribution is 2.22. The summed E-state index contributed by atoms with van der Waals surface area (Å²) in [6, 6.07) is 6.46. The minimum Gasteiger partial charge on any atom is -0.379 e. The first-order valence-electron chi connectivity index (χ1n) is 9.26. The van der Waals surface area contributed by atoms with Crippen molar-refractivity contribution in [2.24, 2.45) is 0 Å². The van der Waals surface area contributed by atoms with E-state index in [1.807, 2.05) is 13.8 Å². The number of hydrogen-bond acceptors (Lipinski definition) is 6. The number of nitrogens with one attached hydrogen (secondary N) is 1. The molecule has 28 heavy (non-hydrogen) atoms. The third-order valence-corrected chi connectivity index (χ3v) is 8.22. The number of rotatable bonds is 6. The van der Waals surface area contributed by atoms with Gasteiger partial charge in [0.05, 0.1) is 30.3 Å². The Hall–Kier alpha value is -1.08. The van der Waals surface area contributed by atoms with Crippen LogP contribution in [0.4, 0.5) is 0 Å². The second kappa shape index (κ2) is 8.74. The van der Waals surface area contributed by atoms with Crippen molar-refractivity contribution in [3.63, 3.8) is 0 Å². The number of nitrogens with zero attached hydrogens (tertiary/aromatic N) is 2. The van der Waals surface area contributed by atoms with E-state index in [9.17, 15) is 16.8 Å². The highest BCUT2D eigenvalue weighted by atomic mass is 32.2. The summed E-state index contributed by atoms with van der Waals surface area (Å²) in [5, 5.41) is 0. The molecular formula is C17H27N3O6S2. The Morgan fingerprint density at radius 1 is 1.00 bits per heavy atom. The Labute approximate surface area is 166 Å². The molecule has 158 valence electrons. The Morgan fingerprint density at radius 3 is 2.25 bits per heavy atom.